The van der Waals surface area contributed by atoms with Gasteiger partial charge in [-0.05, 0) is 43.2 Å². The van der Waals surface area contributed by atoms with Crippen molar-refractivity contribution in [2.75, 3.05) is 10.6 Å². The fourth-order valence-electron chi connectivity index (χ4n) is 2.73. The van der Waals surface area contributed by atoms with Crippen molar-refractivity contribution in [1.29, 1.82) is 0 Å². The lowest BCUT2D eigenvalue weighted by Crippen LogP contribution is -2.17. The average molecular weight is 437 g/mol. The molecule has 0 amide bonds. The molecule has 0 atom stereocenters. The van der Waals surface area contributed by atoms with E-state index in [2.05, 4.69) is 25.3 Å². The van der Waals surface area contributed by atoms with E-state index in [4.69, 9.17) is 11.6 Å². The van der Waals surface area contributed by atoms with Crippen LogP contribution in [0, 0.1) is 0 Å². The van der Waals surface area contributed by atoms with Crippen molar-refractivity contribution in [2.24, 2.45) is 0 Å². The zero-order valence-corrected chi connectivity index (χ0v) is 16.1. The molecule has 1 aliphatic rings. The molecule has 0 spiro atoms. The molecule has 3 aromatic rings. The molecule has 0 unspecified atom stereocenters. The van der Waals surface area contributed by atoms with Crippen LogP contribution in [0.25, 0.3) is 11.3 Å². The predicted octanol–water partition coefficient (Wildman–Crippen LogP) is 5.72. The van der Waals surface area contributed by atoms with Gasteiger partial charge in [0.05, 0.1) is 11.4 Å². The van der Waals surface area contributed by atoms with Gasteiger partial charge in [0, 0.05) is 22.7 Å². The summed E-state index contributed by atoms with van der Waals surface area (Å²) in [6, 6.07) is 11.9. The van der Waals surface area contributed by atoms with Crippen LogP contribution in [0.15, 0.2) is 48.5 Å². The Morgan fingerprint density at radius 3 is 2.60 bits per heavy atom. The van der Waals surface area contributed by atoms with E-state index in [1.54, 1.807) is 18.2 Å². The number of benzene rings is 2. The number of ether oxygens (including phenoxy) is 1. The number of nitrogens with one attached hydrogen (secondary N) is 2. The normalized spacial score (nSPS) is 13.7. The van der Waals surface area contributed by atoms with Crippen LogP contribution in [0.2, 0.25) is 5.02 Å². The summed E-state index contributed by atoms with van der Waals surface area (Å²) in [5.74, 6) is 0.276. The number of nitrogens with zero attached hydrogens (tertiary/aromatic N) is 2. The number of halogens is 4. The highest BCUT2D eigenvalue weighted by molar-refractivity contribution is 6.31. The summed E-state index contributed by atoms with van der Waals surface area (Å²) in [7, 11) is 0. The minimum absolute atomic E-state index is 0.0307. The zero-order valence-electron chi connectivity index (χ0n) is 15.4. The third-order valence-electron chi connectivity index (χ3n) is 4.22. The molecule has 30 heavy (non-hydrogen) atoms. The Balaban J connectivity index is 1.69. The molecule has 0 radical (unpaired) electrons. The molecule has 156 valence electrons. The van der Waals surface area contributed by atoms with E-state index >= 15 is 0 Å². The van der Waals surface area contributed by atoms with Crippen molar-refractivity contribution in [1.82, 2.24) is 9.97 Å². The number of phenols is 1. The Bertz CT molecular complexity index is 1070. The third kappa shape index (κ3) is 5.24. The van der Waals surface area contributed by atoms with Crippen LogP contribution in [-0.2, 0) is 0 Å². The minimum atomic E-state index is -4.79. The van der Waals surface area contributed by atoms with Gasteiger partial charge in [-0.1, -0.05) is 23.7 Å². The molecule has 1 aromatic heterocycles. The number of hydrogen-bond acceptors (Lipinski definition) is 6. The molecule has 1 fully saturated rings. The Hall–Kier alpha value is -3.20. The lowest BCUT2D eigenvalue weighted by molar-refractivity contribution is -0.274. The van der Waals surface area contributed by atoms with Crippen molar-refractivity contribution in [2.45, 2.75) is 25.2 Å². The van der Waals surface area contributed by atoms with E-state index in [1.807, 2.05) is 0 Å². The monoisotopic (exact) mass is 436 g/mol. The number of aromatic nitrogens is 2. The lowest BCUT2D eigenvalue weighted by atomic mass is 10.1. The van der Waals surface area contributed by atoms with Gasteiger partial charge in [0.15, 0.2) is 0 Å². The van der Waals surface area contributed by atoms with Gasteiger partial charge in [0.25, 0.3) is 0 Å². The second kappa shape index (κ2) is 7.91. The molecule has 1 heterocycles. The maximum Gasteiger partial charge on any atom is 0.573 e. The van der Waals surface area contributed by atoms with E-state index in [1.165, 1.54) is 30.3 Å². The largest absolute Gasteiger partial charge is 0.573 e. The second-order valence-electron chi connectivity index (χ2n) is 6.74. The van der Waals surface area contributed by atoms with E-state index in [9.17, 15) is 18.3 Å². The van der Waals surface area contributed by atoms with Gasteiger partial charge in [-0.15, -0.1) is 13.2 Å². The topological polar surface area (TPSA) is 79.3 Å². The number of hydrogen-bond donors (Lipinski definition) is 3. The third-order valence-corrected chi connectivity index (χ3v) is 4.46. The first kappa shape index (κ1) is 20.1. The molecule has 1 aliphatic carbocycles. The highest BCUT2D eigenvalue weighted by Crippen LogP contribution is 2.33. The van der Waals surface area contributed by atoms with Crippen LogP contribution in [0.3, 0.4) is 0 Å². The Labute approximate surface area is 174 Å². The van der Waals surface area contributed by atoms with Crippen LogP contribution in [0.4, 0.5) is 30.6 Å². The van der Waals surface area contributed by atoms with Gasteiger partial charge in [0.2, 0.25) is 5.95 Å². The number of alkyl halides is 3. The number of aromatic hydroxyl groups is 1. The molecular weight excluding hydrogens is 421 g/mol. The summed E-state index contributed by atoms with van der Waals surface area (Å²) in [4.78, 5) is 8.80. The van der Waals surface area contributed by atoms with Crippen LogP contribution in [0.1, 0.15) is 12.8 Å². The Morgan fingerprint density at radius 1 is 1.07 bits per heavy atom. The van der Waals surface area contributed by atoms with Crippen molar-refractivity contribution in [3.05, 3.63) is 53.6 Å². The van der Waals surface area contributed by atoms with Gasteiger partial charge in [-0.3, -0.25) is 0 Å². The highest BCUT2D eigenvalue weighted by Gasteiger charge is 2.31. The van der Waals surface area contributed by atoms with Gasteiger partial charge in [0.1, 0.15) is 17.3 Å². The first-order chi connectivity index (χ1) is 14.2. The first-order valence-corrected chi connectivity index (χ1v) is 9.40. The molecule has 6 nitrogen and oxygen atoms in total. The summed E-state index contributed by atoms with van der Waals surface area (Å²) in [5.41, 5.74) is 1.12. The standard InChI is InChI=1S/C20H16ClF3N4O2/c21-12-4-7-17(29)16(9-12)26-18-10-15(27-19(28-18)25-13-5-6-13)11-2-1-3-14(8-11)30-20(22,23)24/h1-4,7-10,13,29H,5-6H2,(H2,25,26,27,28). The molecule has 0 bridgehead atoms. The number of phenolic OH excluding ortho intramolecular Hbond substituents is 1. The second-order valence-corrected chi connectivity index (χ2v) is 7.18. The van der Waals surface area contributed by atoms with E-state index < -0.39 is 6.36 Å². The lowest BCUT2D eigenvalue weighted by Gasteiger charge is -2.13. The zero-order chi connectivity index (χ0) is 21.3. The van der Waals surface area contributed by atoms with Crippen molar-refractivity contribution >= 4 is 29.1 Å². The summed E-state index contributed by atoms with van der Waals surface area (Å²) >= 11 is 5.99. The molecular formula is C20H16ClF3N4O2. The van der Waals surface area contributed by atoms with Crippen LogP contribution < -0.4 is 15.4 Å². The fraction of sp³-hybridized carbons (Fsp3) is 0.200. The van der Waals surface area contributed by atoms with Crippen LogP contribution in [0.5, 0.6) is 11.5 Å². The molecule has 0 aliphatic heterocycles. The van der Waals surface area contributed by atoms with Crippen LogP contribution in [-0.4, -0.2) is 27.5 Å². The molecule has 4 rings (SSSR count). The van der Waals surface area contributed by atoms with E-state index in [0.717, 1.165) is 12.8 Å². The van der Waals surface area contributed by atoms with Crippen molar-refractivity contribution in [3.8, 4) is 22.8 Å². The predicted molar refractivity (Wildman–Crippen MR) is 107 cm³/mol. The quantitative estimate of drug-likeness (QED) is 0.429. The van der Waals surface area contributed by atoms with Crippen molar-refractivity contribution in [3.63, 3.8) is 0 Å². The fourth-order valence-corrected chi connectivity index (χ4v) is 2.90. The average Bonchev–Trinajstić information content (AvgIpc) is 3.47. The molecule has 2 aromatic carbocycles. The van der Waals surface area contributed by atoms with Gasteiger partial charge < -0.3 is 20.5 Å². The summed E-state index contributed by atoms with van der Waals surface area (Å²) < 4.78 is 41.7. The molecule has 0 saturated heterocycles. The number of anilines is 3. The summed E-state index contributed by atoms with van der Waals surface area (Å²) in [6.45, 7) is 0. The smallest absolute Gasteiger partial charge is 0.506 e. The summed E-state index contributed by atoms with van der Waals surface area (Å²) in [5, 5.41) is 16.6. The Morgan fingerprint density at radius 2 is 1.87 bits per heavy atom. The highest BCUT2D eigenvalue weighted by atomic mass is 35.5. The maximum absolute atomic E-state index is 12.6. The SMILES string of the molecule is Oc1ccc(Cl)cc1Nc1cc(-c2cccc(OC(F)(F)F)c2)nc(NC2CC2)n1. The van der Waals surface area contributed by atoms with Gasteiger partial charge in [-0.2, -0.15) is 4.98 Å². The van der Waals surface area contributed by atoms with E-state index in [0.29, 0.717) is 33.7 Å². The maximum atomic E-state index is 12.6. The number of rotatable bonds is 6. The summed E-state index contributed by atoms with van der Waals surface area (Å²) in [6.07, 6.45) is -2.82. The van der Waals surface area contributed by atoms with Gasteiger partial charge in [-0.25, -0.2) is 4.98 Å². The molecule has 3 N–H and O–H groups in total. The van der Waals surface area contributed by atoms with Gasteiger partial charge >= 0.3 is 6.36 Å². The molecule has 1 saturated carbocycles. The Kier molecular flexibility index (Phi) is 5.29. The first-order valence-electron chi connectivity index (χ1n) is 9.02. The van der Waals surface area contributed by atoms with Crippen molar-refractivity contribution < 1.29 is 23.0 Å². The minimum Gasteiger partial charge on any atom is -0.506 e. The van der Waals surface area contributed by atoms with Crippen LogP contribution >= 0.6 is 11.6 Å². The van der Waals surface area contributed by atoms with E-state index in [-0.39, 0.29) is 17.5 Å². The molecule has 10 heteroatoms.